The summed E-state index contributed by atoms with van der Waals surface area (Å²) < 4.78 is 25.1. The molecule has 2 aromatic rings. The third-order valence-electron chi connectivity index (χ3n) is 3.60. The third-order valence-corrected chi connectivity index (χ3v) is 5.27. The van der Waals surface area contributed by atoms with Gasteiger partial charge in [0, 0.05) is 30.3 Å². The standard InChI is InChI=1S/C16H16N4O7S/c1-19(27-2)28(25,26)14-8-4-6-12(10-14)16(22)18-17-15(21)11-5-3-7-13(9-11)20(23)24/h3-10H,1-2H3,(H,17,21)(H,18,22). The van der Waals surface area contributed by atoms with Crippen molar-refractivity contribution in [2.45, 2.75) is 4.90 Å². The summed E-state index contributed by atoms with van der Waals surface area (Å²) in [6.45, 7) is 0. The topological polar surface area (TPSA) is 148 Å². The molecule has 11 nitrogen and oxygen atoms in total. The maximum Gasteiger partial charge on any atom is 0.270 e. The molecule has 0 saturated heterocycles. The van der Waals surface area contributed by atoms with Crippen LogP contribution < -0.4 is 10.9 Å². The van der Waals surface area contributed by atoms with Crippen LogP contribution in [-0.4, -0.2) is 43.8 Å². The van der Waals surface area contributed by atoms with E-state index in [0.29, 0.717) is 4.47 Å². The van der Waals surface area contributed by atoms with Crippen LogP contribution in [0.2, 0.25) is 0 Å². The van der Waals surface area contributed by atoms with Gasteiger partial charge in [-0.3, -0.25) is 35.4 Å². The minimum Gasteiger partial charge on any atom is -0.288 e. The summed E-state index contributed by atoms with van der Waals surface area (Å²) in [6.07, 6.45) is 0. The molecule has 2 amide bonds. The first kappa shape index (κ1) is 21.0. The van der Waals surface area contributed by atoms with Gasteiger partial charge in [0.2, 0.25) is 0 Å². The first-order chi connectivity index (χ1) is 13.2. The number of rotatable bonds is 6. The number of nitrogens with zero attached hydrogens (tertiary/aromatic N) is 2. The fourth-order valence-corrected chi connectivity index (χ4v) is 3.08. The zero-order chi connectivity index (χ0) is 20.9. The number of nitro benzene ring substituents is 1. The zero-order valence-corrected chi connectivity index (χ0v) is 15.6. The molecule has 0 heterocycles. The predicted octanol–water partition coefficient (Wildman–Crippen LogP) is 0.852. The molecule has 2 rings (SSSR count). The summed E-state index contributed by atoms with van der Waals surface area (Å²) in [7, 11) is -1.58. The third kappa shape index (κ3) is 4.68. The highest BCUT2D eigenvalue weighted by molar-refractivity contribution is 7.89. The van der Waals surface area contributed by atoms with Gasteiger partial charge in [-0.1, -0.05) is 16.6 Å². The highest BCUT2D eigenvalue weighted by Crippen LogP contribution is 2.16. The summed E-state index contributed by atoms with van der Waals surface area (Å²) in [6, 6.07) is 10.0. The number of carbonyl (C=O) groups is 2. The lowest BCUT2D eigenvalue weighted by Gasteiger charge is -2.14. The van der Waals surface area contributed by atoms with Crippen LogP contribution in [0.3, 0.4) is 0 Å². The van der Waals surface area contributed by atoms with Gasteiger partial charge in [-0.2, -0.15) is 0 Å². The molecule has 0 spiro atoms. The first-order valence-corrected chi connectivity index (χ1v) is 9.09. The molecule has 0 aliphatic carbocycles. The van der Waals surface area contributed by atoms with Crippen LogP contribution in [0.4, 0.5) is 5.69 Å². The number of amides is 2. The number of non-ortho nitro benzene ring substituents is 1. The van der Waals surface area contributed by atoms with E-state index in [1.807, 2.05) is 0 Å². The second-order valence-electron chi connectivity index (χ2n) is 5.34. The van der Waals surface area contributed by atoms with Crippen molar-refractivity contribution in [3.05, 3.63) is 69.8 Å². The van der Waals surface area contributed by atoms with Crippen molar-refractivity contribution in [1.82, 2.24) is 15.3 Å². The van der Waals surface area contributed by atoms with Gasteiger partial charge in [-0.05, 0) is 24.3 Å². The SMILES string of the molecule is CON(C)S(=O)(=O)c1cccc(C(=O)NNC(=O)c2cccc([N+](=O)[O-])c2)c1. The Kier molecular flexibility index (Phi) is 6.41. The molecule has 0 unspecified atom stereocenters. The predicted molar refractivity (Wildman–Crippen MR) is 96.4 cm³/mol. The highest BCUT2D eigenvalue weighted by Gasteiger charge is 2.22. The average Bonchev–Trinajstić information content (AvgIpc) is 2.71. The molecule has 2 aromatic carbocycles. The van der Waals surface area contributed by atoms with Gasteiger partial charge in [-0.15, -0.1) is 0 Å². The maximum absolute atomic E-state index is 12.2. The molecule has 0 radical (unpaired) electrons. The van der Waals surface area contributed by atoms with Crippen molar-refractivity contribution in [2.24, 2.45) is 0 Å². The second kappa shape index (κ2) is 8.56. The average molecular weight is 408 g/mol. The second-order valence-corrected chi connectivity index (χ2v) is 7.28. The number of hydroxylamine groups is 1. The molecule has 12 heteroatoms. The van der Waals surface area contributed by atoms with Crippen molar-refractivity contribution < 1.29 is 27.8 Å². The minimum atomic E-state index is -3.95. The zero-order valence-electron chi connectivity index (χ0n) is 14.8. The Labute approximate surface area is 160 Å². The van der Waals surface area contributed by atoms with E-state index in [4.69, 9.17) is 0 Å². The molecule has 0 bridgehead atoms. The van der Waals surface area contributed by atoms with Gasteiger partial charge in [0.05, 0.1) is 16.9 Å². The first-order valence-electron chi connectivity index (χ1n) is 7.65. The van der Waals surface area contributed by atoms with Gasteiger partial charge in [-0.25, -0.2) is 8.42 Å². The number of benzene rings is 2. The number of sulfonamides is 1. The molecule has 0 saturated carbocycles. The quantitative estimate of drug-likeness (QED) is 0.532. The Morgan fingerprint density at radius 3 is 2.11 bits per heavy atom. The number of carbonyl (C=O) groups excluding carboxylic acids is 2. The van der Waals surface area contributed by atoms with Crippen molar-refractivity contribution in [3.63, 3.8) is 0 Å². The number of hydrazine groups is 1. The Morgan fingerprint density at radius 2 is 1.57 bits per heavy atom. The molecule has 2 N–H and O–H groups in total. The monoisotopic (exact) mass is 408 g/mol. The fourth-order valence-electron chi connectivity index (χ4n) is 2.06. The van der Waals surface area contributed by atoms with Gasteiger partial charge >= 0.3 is 0 Å². The Morgan fingerprint density at radius 1 is 1.04 bits per heavy atom. The van der Waals surface area contributed by atoms with E-state index in [1.165, 1.54) is 50.6 Å². The van der Waals surface area contributed by atoms with Crippen LogP contribution in [-0.2, 0) is 14.9 Å². The summed E-state index contributed by atoms with van der Waals surface area (Å²) in [4.78, 5) is 38.8. The largest absolute Gasteiger partial charge is 0.288 e. The molecule has 148 valence electrons. The van der Waals surface area contributed by atoms with E-state index in [2.05, 4.69) is 15.7 Å². The maximum atomic E-state index is 12.2. The summed E-state index contributed by atoms with van der Waals surface area (Å²) in [5.41, 5.74) is 3.88. The Hall–Kier alpha value is -3.35. The molecule has 0 aliphatic rings. The Bertz CT molecular complexity index is 1020. The van der Waals surface area contributed by atoms with Crippen molar-refractivity contribution in [1.29, 1.82) is 0 Å². The molecule has 0 fully saturated rings. The summed E-state index contributed by atoms with van der Waals surface area (Å²) >= 11 is 0. The van der Waals surface area contributed by atoms with E-state index in [-0.39, 0.29) is 21.7 Å². The smallest absolute Gasteiger partial charge is 0.270 e. The molecule has 0 atom stereocenters. The van der Waals surface area contributed by atoms with Crippen LogP contribution in [0.25, 0.3) is 0 Å². The fraction of sp³-hybridized carbons (Fsp3) is 0.125. The van der Waals surface area contributed by atoms with E-state index in [9.17, 15) is 28.1 Å². The van der Waals surface area contributed by atoms with Gasteiger partial charge in [0.25, 0.3) is 27.5 Å². The summed E-state index contributed by atoms with van der Waals surface area (Å²) in [5.74, 6) is -1.56. The van der Waals surface area contributed by atoms with E-state index < -0.39 is 26.8 Å². The van der Waals surface area contributed by atoms with E-state index in [1.54, 1.807) is 0 Å². The highest BCUT2D eigenvalue weighted by atomic mass is 32.2. The van der Waals surface area contributed by atoms with Gasteiger partial charge in [0.15, 0.2) is 0 Å². The molecular formula is C16H16N4O7S. The Balaban J connectivity index is 2.12. The molecule has 28 heavy (non-hydrogen) atoms. The number of hydrogen-bond acceptors (Lipinski definition) is 7. The lowest BCUT2D eigenvalue weighted by Crippen LogP contribution is -2.41. The number of nitro groups is 1. The van der Waals surface area contributed by atoms with Crippen molar-refractivity contribution in [3.8, 4) is 0 Å². The van der Waals surface area contributed by atoms with Gasteiger partial charge in [0.1, 0.15) is 0 Å². The number of nitrogens with one attached hydrogen (secondary N) is 2. The lowest BCUT2D eigenvalue weighted by molar-refractivity contribution is -0.384. The minimum absolute atomic E-state index is 0.0347. The van der Waals surface area contributed by atoms with Crippen molar-refractivity contribution >= 4 is 27.5 Å². The van der Waals surface area contributed by atoms with Gasteiger partial charge < -0.3 is 0 Å². The van der Waals surface area contributed by atoms with E-state index >= 15 is 0 Å². The normalized spacial score (nSPS) is 11.1. The number of hydrogen-bond donors (Lipinski definition) is 2. The van der Waals surface area contributed by atoms with Crippen LogP contribution in [0, 0.1) is 10.1 Å². The molecule has 0 aliphatic heterocycles. The van der Waals surface area contributed by atoms with Crippen LogP contribution in [0.15, 0.2) is 53.4 Å². The van der Waals surface area contributed by atoms with E-state index in [0.717, 1.165) is 12.1 Å². The van der Waals surface area contributed by atoms with Crippen LogP contribution in [0.1, 0.15) is 20.7 Å². The molecular weight excluding hydrogens is 392 g/mol. The van der Waals surface area contributed by atoms with Crippen LogP contribution in [0.5, 0.6) is 0 Å². The van der Waals surface area contributed by atoms with Crippen LogP contribution >= 0.6 is 0 Å². The summed E-state index contributed by atoms with van der Waals surface area (Å²) in [5, 5.41) is 10.8. The van der Waals surface area contributed by atoms with Crippen molar-refractivity contribution in [2.75, 3.05) is 14.2 Å². The lowest BCUT2D eigenvalue weighted by atomic mass is 10.2. The molecule has 0 aromatic heterocycles.